The number of carbonyl (C=O) groups is 2. The number of aliphatic hydroxyl groups is 1. The fraction of sp³-hybridized carbons (Fsp3) is 0.905. The number of hydrogen-bond acceptors (Lipinski definition) is 7. The smallest absolute Gasteiger partial charge is 1.00 e. The van der Waals surface area contributed by atoms with Gasteiger partial charge in [-0.2, -0.15) is 8.42 Å². The number of rotatable bonds is 20. The van der Waals surface area contributed by atoms with Gasteiger partial charge in [0.25, 0.3) is 10.1 Å². The van der Waals surface area contributed by atoms with Gasteiger partial charge in [-0.05, 0) is 6.42 Å². The van der Waals surface area contributed by atoms with E-state index in [0.29, 0.717) is 6.42 Å². The van der Waals surface area contributed by atoms with E-state index in [-0.39, 0.29) is 57.2 Å². The molecule has 2 N–H and O–H groups in total. The Morgan fingerprint density at radius 1 is 0.806 bits per heavy atom. The maximum absolute atomic E-state index is 11.8. The van der Waals surface area contributed by atoms with E-state index in [2.05, 4.69) is 11.7 Å². The molecule has 0 amide bonds. The Morgan fingerprint density at radius 2 is 1.26 bits per heavy atom. The van der Waals surface area contributed by atoms with Gasteiger partial charge >= 0.3 is 41.5 Å². The van der Waals surface area contributed by atoms with Gasteiger partial charge in [-0.3, -0.25) is 14.1 Å². The second-order valence-corrected chi connectivity index (χ2v) is 9.16. The molecule has 8 nitrogen and oxygen atoms in total. The van der Waals surface area contributed by atoms with E-state index in [0.717, 1.165) is 19.3 Å². The average molecular weight is 477 g/mol. The SMILES string of the molecule is CCCCCCCCCCCCCCOC(=O)CC(C(=O)OCCCO)S(=O)(=O)O.[H-].[Na+]. The van der Waals surface area contributed by atoms with E-state index in [1.54, 1.807) is 0 Å². The van der Waals surface area contributed by atoms with Gasteiger partial charge in [0, 0.05) is 13.0 Å². The molecular formula is C21H41NaO8S. The second kappa shape index (κ2) is 21.6. The number of hydrogen-bond donors (Lipinski definition) is 2. The molecule has 0 aromatic rings. The second-order valence-electron chi connectivity index (χ2n) is 7.56. The van der Waals surface area contributed by atoms with Gasteiger partial charge in [-0.15, -0.1) is 0 Å². The Morgan fingerprint density at radius 3 is 1.71 bits per heavy atom. The molecule has 0 aliphatic carbocycles. The van der Waals surface area contributed by atoms with Gasteiger partial charge in [0.15, 0.2) is 5.25 Å². The molecule has 0 aliphatic heterocycles. The number of unbranched alkanes of at least 4 members (excludes halogenated alkanes) is 11. The van der Waals surface area contributed by atoms with Gasteiger partial charge in [0.2, 0.25) is 0 Å². The van der Waals surface area contributed by atoms with Crippen LogP contribution in [0.25, 0.3) is 0 Å². The molecule has 31 heavy (non-hydrogen) atoms. The summed E-state index contributed by atoms with van der Waals surface area (Å²) in [5.41, 5.74) is 0. The summed E-state index contributed by atoms with van der Waals surface area (Å²) >= 11 is 0. The summed E-state index contributed by atoms with van der Waals surface area (Å²) < 4.78 is 41.4. The summed E-state index contributed by atoms with van der Waals surface area (Å²) in [7, 11) is -4.79. The monoisotopic (exact) mass is 476 g/mol. The normalized spacial score (nSPS) is 12.1. The van der Waals surface area contributed by atoms with Crippen LogP contribution < -0.4 is 29.6 Å². The van der Waals surface area contributed by atoms with E-state index in [1.807, 2.05) is 0 Å². The largest absolute Gasteiger partial charge is 1.00 e. The quantitative estimate of drug-likeness (QED) is 0.115. The van der Waals surface area contributed by atoms with Crippen molar-refractivity contribution >= 4 is 22.1 Å². The minimum Gasteiger partial charge on any atom is -1.00 e. The molecule has 10 heteroatoms. The maximum Gasteiger partial charge on any atom is 1.00 e. The van der Waals surface area contributed by atoms with Crippen LogP contribution in [0.5, 0.6) is 0 Å². The van der Waals surface area contributed by atoms with E-state index < -0.39 is 33.7 Å². The minimum absolute atomic E-state index is 0. The molecule has 0 saturated heterocycles. The molecule has 1 atom stereocenters. The maximum atomic E-state index is 11.8. The van der Waals surface area contributed by atoms with Crippen LogP contribution in [0.1, 0.15) is 98.2 Å². The van der Waals surface area contributed by atoms with Crippen LogP contribution in [0.15, 0.2) is 0 Å². The molecule has 0 radical (unpaired) electrons. The van der Waals surface area contributed by atoms with Crippen LogP contribution in [0.3, 0.4) is 0 Å². The van der Waals surface area contributed by atoms with Crippen molar-refractivity contribution in [3.63, 3.8) is 0 Å². The number of esters is 2. The molecule has 0 aromatic heterocycles. The summed E-state index contributed by atoms with van der Waals surface area (Å²) in [5, 5.41) is 6.63. The first kappa shape index (κ1) is 33.0. The molecule has 180 valence electrons. The van der Waals surface area contributed by atoms with Gasteiger partial charge in [0.05, 0.1) is 19.6 Å². The summed E-state index contributed by atoms with van der Waals surface area (Å²) in [5.74, 6) is -2.10. The van der Waals surface area contributed by atoms with E-state index >= 15 is 0 Å². The number of aliphatic hydroxyl groups excluding tert-OH is 1. The van der Waals surface area contributed by atoms with Gasteiger partial charge in [-0.1, -0.05) is 77.6 Å². The number of ether oxygens (including phenoxy) is 2. The minimum atomic E-state index is -4.79. The van der Waals surface area contributed by atoms with E-state index in [1.165, 1.54) is 51.4 Å². The molecule has 0 aromatic carbocycles. The predicted molar refractivity (Wildman–Crippen MR) is 116 cm³/mol. The molecular weight excluding hydrogens is 435 g/mol. The van der Waals surface area contributed by atoms with Crippen molar-refractivity contribution in [2.45, 2.75) is 102 Å². The summed E-state index contributed by atoms with van der Waals surface area (Å²) in [6.07, 6.45) is 13.5. The molecule has 0 aliphatic rings. The zero-order chi connectivity index (χ0) is 22.7. The average Bonchev–Trinajstić information content (AvgIpc) is 2.69. The molecule has 0 bridgehead atoms. The third-order valence-electron chi connectivity index (χ3n) is 4.78. The Bertz CT molecular complexity index is 560. The third kappa shape index (κ3) is 20.2. The zero-order valence-corrected chi connectivity index (χ0v) is 22.2. The zero-order valence-electron chi connectivity index (χ0n) is 20.4. The van der Waals surface area contributed by atoms with Crippen molar-refractivity contribution < 1.29 is 68.1 Å². The van der Waals surface area contributed by atoms with E-state index in [9.17, 15) is 18.0 Å². The summed E-state index contributed by atoms with van der Waals surface area (Å²) in [6, 6.07) is 0. The van der Waals surface area contributed by atoms with Crippen LogP contribution in [-0.2, 0) is 29.2 Å². The van der Waals surface area contributed by atoms with Crippen LogP contribution in [0.2, 0.25) is 0 Å². The Hall–Kier alpha value is -0.190. The summed E-state index contributed by atoms with van der Waals surface area (Å²) in [4.78, 5) is 23.5. The summed E-state index contributed by atoms with van der Waals surface area (Å²) in [6.45, 7) is 1.93. The fourth-order valence-electron chi connectivity index (χ4n) is 2.98. The molecule has 0 heterocycles. The van der Waals surface area contributed by atoms with Crippen molar-refractivity contribution in [2.24, 2.45) is 0 Å². The standard InChI is InChI=1S/C21H40O8S.Na.H/c1-2-3-4-5-6-7-8-9-10-11-12-13-16-28-20(23)18-19(30(25,26)27)21(24)29-17-14-15-22;;/h19,22H,2-18H2,1H3,(H,25,26,27);;/q;+1;-1. The van der Waals surface area contributed by atoms with Crippen molar-refractivity contribution in [2.75, 3.05) is 19.8 Å². The fourth-order valence-corrected chi connectivity index (χ4v) is 3.64. The Balaban J connectivity index is -0.00000420. The first-order chi connectivity index (χ1) is 14.3. The van der Waals surface area contributed by atoms with Gasteiger partial charge < -0.3 is 16.0 Å². The molecule has 0 rings (SSSR count). The van der Waals surface area contributed by atoms with Crippen molar-refractivity contribution in [1.82, 2.24) is 0 Å². The molecule has 1 unspecified atom stereocenters. The predicted octanol–water partition coefficient (Wildman–Crippen LogP) is 0.919. The van der Waals surface area contributed by atoms with Crippen LogP contribution >= 0.6 is 0 Å². The van der Waals surface area contributed by atoms with Crippen molar-refractivity contribution in [3.8, 4) is 0 Å². The topological polar surface area (TPSA) is 127 Å². The number of carbonyl (C=O) groups excluding carboxylic acids is 2. The van der Waals surface area contributed by atoms with Crippen molar-refractivity contribution in [1.29, 1.82) is 0 Å². The Kier molecular flexibility index (Phi) is 23.0. The molecule has 0 saturated carbocycles. The first-order valence-electron chi connectivity index (χ1n) is 11.2. The van der Waals surface area contributed by atoms with Crippen molar-refractivity contribution in [3.05, 3.63) is 0 Å². The van der Waals surface area contributed by atoms with Crippen LogP contribution in [0, 0.1) is 0 Å². The van der Waals surface area contributed by atoms with Gasteiger partial charge in [0.1, 0.15) is 0 Å². The van der Waals surface area contributed by atoms with Gasteiger partial charge in [-0.25, -0.2) is 0 Å². The van der Waals surface area contributed by atoms with Crippen LogP contribution in [0.4, 0.5) is 0 Å². The molecule has 0 fully saturated rings. The Labute approximate surface area is 211 Å². The van der Waals surface area contributed by atoms with Crippen LogP contribution in [-0.4, -0.2) is 55.1 Å². The third-order valence-corrected chi connectivity index (χ3v) is 5.86. The molecule has 0 spiro atoms. The van der Waals surface area contributed by atoms with E-state index in [4.69, 9.17) is 14.4 Å². The first-order valence-corrected chi connectivity index (χ1v) is 12.7.